The van der Waals surface area contributed by atoms with E-state index in [4.69, 9.17) is 0 Å². The number of thioether (sulfide) groups is 1. The Balaban J connectivity index is 2.70. The summed E-state index contributed by atoms with van der Waals surface area (Å²) in [5.74, 6) is 0. The third kappa shape index (κ3) is 1.84. The molecule has 15 heavy (non-hydrogen) atoms. The van der Waals surface area contributed by atoms with E-state index in [9.17, 15) is 13.2 Å². The minimum absolute atomic E-state index is 0.259. The van der Waals surface area contributed by atoms with Gasteiger partial charge in [-0.25, -0.2) is 0 Å². The van der Waals surface area contributed by atoms with Gasteiger partial charge in [0.1, 0.15) is 0 Å². The van der Waals surface area contributed by atoms with Gasteiger partial charge in [0, 0.05) is 22.0 Å². The van der Waals surface area contributed by atoms with Crippen molar-refractivity contribution in [1.29, 1.82) is 0 Å². The topological polar surface area (TPSA) is 15.8 Å². The number of rotatable bonds is 1. The van der Waals surface area contributed by atoms with Crippen LogP contribution in [-0.2, 0) is 6.18 Å². The number of H-pyrrole nitrogens is 1. The standard InChI is InChI=1S/C10H8F3NS/c1-15-9-4-6-2-3-14-8(6)5-7(9)10(11,12)13/h2-5,14H,1H3. The Morgan fingerprint density at radius 1 is 1.27 bits per heavy atom. The lowest BCUT2D eigenvalue weighted by Crippen LogP contribution is -2.06. The summed E-state index contributed by atoms with van der Waals surface area (Å²) in [5, 5.41) is 0.798. The predicted octanol–water partition coefficient (Wildman–Crippen LogP) is 3.91. The van der Waals surface area contributed by atoms with E-state index >= 15 is 0 Å². The highest BCUT2D eigenvalue weighted by atomic mass is 32.2. The maximum absolute atomic E-state index is 12.6. The average molecular weight is 231 g/mol. The number of hydrogen-bond donors (Lipinski definition) is 1. The normalized spacial score (nSPS) is 12.3. The van der Waals surface area contributed by atoms with E-state index < -0.39 is 11.7 Å². The maximum atomic E-state index is 12.6. The highest BCUT2D eigenvalue weighted by Gasteiger charge is 2.33. The Labute approximate surface area is 88.7 Å². The maximum Gasteiger partial charge on any atom is 0.417 e. The molecule has 1 heterocycles. The second-order valence-electron chi connectivity index (χ2n) is 3.12. The van der Waals surface area contributed by atoms with Crippen LogP contribution in [0, 0.1) is 0 Å². The van der Waals surface area contributed by atoms with Crippen molar-refractivity contribution in [3.05, 3.63) is 30.0 Å². The molecule has 0 aliphatic heterocycles. The zero-order chi connectivity index (χ0) is 11.1. The molecule has 80 valence electrons. The fourth-order valence-corrected chi connectivity index (χ4v) is 2.11. The first kappa shape index (κ1) is 10.4. The van der Waals surface area contributed by atoms with Crippen LogP contribution in [0.25, 0.3) is 10.9 Å². The first-order valence-electron chi connectivity index (χ1n) is 4.24. The summed E-state index contributed by atoms with van der Waals surface area (Å²) in [7, 11) is 0. The summed E-state index contributed by atoms with van der Waals surface area (Å²) in [6.07, 6.45) is -1.02. The van der Waals surface area contributed by atoms with Gasteiger partial charge in [0.05, 0.1) is 5.56 Å². The highest BCUT2D eigenvalue weighted by molar-refractivity contribution is 7.98. The number of aromatic amines is 1. The molecule has 0 spiro atoms. The number of fused-ring (bicyclic) bond motifs is 1. The average Bonchev–Trinajstić information content (AvgIpc) is 2.60. The molecule has 1 N–H and O–H groups in total. The SMILES string of the molecule is CSc1cc2cc[nH]c2cc1C(F)(F)F. The van der Waals surface area contributed by atoms with Gasteiger partial charge in [0.15, 0.2) is 0 Å². The van der Waals surface area contributed by atoms with Crippen molar-refractivity contribution >= 4 is 22.7 Å². The minimum Gasteiger partial charge on any atom is -0.361 e. The lowest BCUT2D eigenvalue weighted by Gasteiger charge is -2.11. The molecule has 0 fully saturated rings. The smallest absolute Gasteiger partial charge is 0.361 e. The molecule has 0 saturated heterocycles. The third-order valence-corrected chi connectivity index (χ3v) is 2.96. The molecule has 2 rings (SSSR count). The van der Waals surface area contributed by atoms with E-state index in [2.05, 4.69) is 4.98 Å². The Bertz CT molecular complexity index is 487. The van der Waals surface area contributed by atoms with Crippen LogP contribution in [0.15, 0.2) is 29.3 Å². The van der Waals surface area contributed by atoms with Gasteiger partial charge in [-0.1, -0.05) is 0 Å². The monoisotopic (exact) mass is 231 g/mol. The number of alkyl halides is 3. The van der Waals surface area contributed by atoms with Crippen molar-refractivity contribution in [1.82, 2.24) is 4.98 Å². The van der Waals surface area contributed by atoms with Gasteiger partial charge in [-0.3, -0.25) is 0 Å². The fraction of sp³-hybridized carbons (Fsp3) is 0.200. The van der Waals surface area contributed by atoms with Gasteiger partial charge in [-0.15, -0.1) is 11.8 Å². The summed E-state index contributed by atoms with van der Waals surface area (Å²) >= 11 is 1.11. The molecule has 0 atom stereocenters. The van der Waals surface area contributed by atoms with Gasteiger partial charge >= 0.3 is 6.18 Å². The zero-order valence-electron chi connectivity index (χ0n) is 7.85. The predicted molar refractivity (Wildman–Crippen MR) is 55.1 cm³/mol. The fourth-order valence-electron chi connectivity index (χ4n) is 1.47. The van der Waals surface area contributed by atoms with Gasteiger partial charge in [0.2, 0.25) is 0 Å². The molecule has 0 aliphatic rings. The van der Waals surface area contributed by atoms with Crippen LogP contribution in [0.1, 0.15) is 5.56 Å². The van der Waals surface area contributed by atoms with Crippen LogP contribution in [0.5, 0.6) is 0 Å². The van der Waals surface area contributed by atoms with Crippen molar-refractivity contribution in [3.63, 3.8) is 0 Å². The molecule has 1 aromatic carbocycles. The van der Waals surface area contributed by atoms with Crippen LogP contribution in [0.2, 0.25) is 0 Å². The number of nitrogens with one attached hydrogen (secondary N) is 1. The number of aromatic nitrogens is 1. The Hall–Kier alpha value is -1.10. The molecule has 2 aromatic rings. The van der Waals surface area contributed by atoms with E-state index in [1.165, 1.54) is 0 Å². The van der Waals surface area contributed by atoms with Crippen molar-refractivity contribution in [2.24, 2.45) is 0 Å². The molecule has 1 aromatic heterocycles. The lowest BCUT2D eigenvalue weighted by atomic mass is 10.1. The molecule has 0 amide bonds. The first-order valence-corrected chi connectivity index (χ1v) is 5.47. The Kier molecular flexibility index (Phi) is 2.42. The van der Waals surface area contributed by atoms with Crippen LogP contribution >= 0.6 is 11.8 Å². The summed E-state index contributed by atoms with van der Waals surface area (Å²) in [6.45, 7) is 0. The van der Waals surface area contributed by atoms with Gasteiger partial charge in [-0.05, 0) is 24.5 Å². The van der Waals surface area contributed by atoms with E-state index in [0.717, 1.165) is 23.2 Å². The molecule has 5 heteroatoms. The highest BCUT2D eigenvalue weighted by Crippen LogP contribution is 2.37. The number of hydrogen-bond acceptors (Lipinski definition) is 1. The van der Waals surface area contributed by atoms with E-state index in [0.29, 0.717) is 5.52 Å². The van der Waals surface area contributed by atoms with Crippen molar-refractivity contribution in [2.45, 2.75) is 11.1 Å². The van der Waals surface area contributed by atoms with Crippen molar-refractivity contribution in [2.75, 3.05) is 6.26 Å². The number of halogens is 3. The van der Waals surface area contributed by atoms with E-state index in [-0.39, 0.29) is 4.90 Å². The van der Waals surface area contributed by atoms with Crippen molar-refractivity contribution in [3.8, 4) is 0 Å². The van der Waals surface area contributed by atoms with E-state index in [1.54, 1.807) is 24.6 Å². The third-order valence-electron chi connectivity index (χ3n) is 2.18. The van der Waals surface area contributed by atoms with Gasteiger partial charge in [0.25, 0.3) is 0 Å². The zero-order valence-corrected chi connectivity index (χ0v) is 8.67. The molecule has 0 radical (unpaired) electrons. The van der Waals surface area contributed by atoms with Crippen LogP contribution in [0.3, 0.4) is 0 Å². The van der Waals surface area contributed by atoms with Gasteiger partial charge < -0.3 is 4.98 Å². The van der Waals surface area contributed by atoms with Crippen LogP contribution in [-0.4, -0.2) is 11.2 Å². The molecular formula is C10H8F3NS. The molecule has 0 aliphatic carbocycles. The quantitative estimate of drug-likeness (QED) is 0.736. The summed E-state index contributed by atoms with van der Waals surface area (Å²) in [5.41, 5.74) is -0.0647. The molecular weight excluding hydrogens is 223 g/mol. The number of benzene rings is 1. The molecule has 0 unspecified atom stereocenters. The van der Waals surface area contributed by atoms with Crippen molar-refractivity contribution < 1.29 is 13.2 Å². The molecule has 0 saturated carbocycles. The Morgan fingerprint density at radius 2 is 2.00 bits per heavy atom. The molecule has 1 nitrogen and oxygen atoms in total. The van der Waals surface area contributed by atoms with Crippen LogP contribution in [0.4, 0.5) is 13.2 Å². The second-order valence-corrected chi connectivity index (χ2v) is 3.96. The summed E-state index contributed by atoms with van der Waals surface area (Å²) in [6, 6.07) is 4.47. The Morgan fingerprint density at radius 3 is 2.60 bits per heavy atom. The summed E-state index contributed by atoms with van der Waals surface area (Å²) < 4.78 is 37.9. The van der Waals surface area contributed by atoms with Crippen LogP contribution < -0.4 is 0 Å². The largest absolute Gasteiger partial charge is 0.417 e. The van der Waals surface area contributed by atoms with Gasteiger partial charge in [-0.2, -0.15) is 13.2 Å². The minimum atomic E-state index is -4.29. The lowest BCUT2D eigenvalue weighted by molar-refractivity contribution is -0.139. The first-order chi connectivity index (χ1) is 7.02. The van der Waals surface area contributed by atoms with E-state index in [1.807, 2.05) is 0 Å². The summed E-state index contributed by atoms with van der Waals surface area (Å²) in [4.78, 5) is 3.03. The molecule has 0 bridgehead atoms. The second kappa shape index (κ2) is 3.48.